The summed E-state index contributed by atoms with van der Waals surface area (Å²) in [7, 11) is 0. The lowest BCUT2D eigenvalue weighted by atomic mass is 9.92. The van der Waals surface area contributed by atoms with Crippen LogP contribution in [0.1, 0.15) is 24.1 Å². The molecule has 2 aliphatic rings. The van der Waals surface area contributed by atoms with Crippen molar-refractivity contribution in [2.24, 2.45) is 11.3 Å². The Morgan fingerprint density at radius 3 is 2.95 bits per heavy atom. The maximum Gasteiger partial charge on any atom is 0.223 e. The minimum atomic E-state index is 0. The number of amides is 1. The monoisotopic (exact) mass is 300 g/mol. The molecule has 3 rings (SSSR count). The average Bonchev–Trinajstić information content (AvgIpc) is 2.85. The summed E-state index contributed by atoms with van der Waals surface area (Å²) in [4.78, 5) is 13.4. The van der Waals surface area contributed by atoms with Crippen molar-refractivity contribution in [3.8, 4) is 0 Å². The van der Waals surface area contributed by atoms with Crippen molar-refractivity contribution in [2.45, 2.75) is 25.7 Å². The number of thiophene rings is 1. The van der Waals surface area contributed by atoms with Gasteiger partial charge in [0.2, 0.25) is 5.91 Å². The highest BCUT2D eigenvalue weighted by atomic mass is 35.5. The van der Waals surface area contributed by atoms with Crippen molar-refractivity contribution < 1.29 is 4.79 Å². The minimum absolute atomic E-state index is 0. The first-order chi connectivity index (χ1) is 8.80. The van der Waals surface area contributed by atoms with Crippen LogP contribution in [-0.4, -0.2) is 25.5 Å². The van der Waals surface area contributed by atoms with E-state index in [0.29, 0.717) is 11.3 Å². The Hall–Kier alpha value is -0.580. The van der Waals surface area contributed by atoms with Crippen molar-refractivity contribution in [1.82, 2.24) is 10.6 Å². The van der Waals surface area contributed by atoms with Crippen LogP contribution < -0.4 is 10.6 Å². The van der Waals surface area contributed by atoms with E-state index in [0.717, 1.165) is 32.5 Å². The van der Waals surface area contributed by atoms with E-state index in [2.05, 4.69) is 28.1 Å². The minimum Gasteiger partial charge on any atom is -0.355 e. The Kier molecular flexibility index (Phi) is 4.87. The van der Waals surface area contributed by atoms with Crippen LogP contribution in [-0.2, 0) is 11.2 Å². The topological polar surface area (TPSA) is 41.1 Å². The summed E-state index contributed by atoms with van der Waals surface area (Å²) < 4.78 is 0. The zero-order valence-corrected chi connectivity index (χ0v) is 12.6. The molecule has 1 spiro atoms. The van der Waals surface area contributed by atoms with E-state index in [-0.39, 0.29) is 18.3 Å². The summed E-state index contributed by atoms with van der Waals surface area (Å²) in [5.74, 6) is 0.580. The number of rotatable bonds is 4. The van der Waals surface area contributed by atoms with Gasteiger partial charge in [-0.3, -0.25) is 4.79 Å². The Morgan fingerprint density at radius 2 is 2.26 bits per heavy atom. The summed E-state index contributed by atoms with van der Waals surface area (Å²) >= 11 is 1.76. The lowest BCUT2D eigenvalue weighted by Gasteiger charge is -2.23. The van der Waals surface area contributed by atoms with E-state index >= 15 is 0 Å². The third-order valence-corrected chi connectivity index (χ3v) is 5.29. The number of nitrogens with one attached hydrogen (secondary N) is 2. The first kappa shape index (κ1) is 14.8. The van der Waals surface area contributed by atoms with Gasteiger partial charge in [0.1, 0.15) is 0 Å². The Morgan fingerprint density at radius 1 is 1.47 bits per heavy atom. The van der Waals surface area contributed by atoms with Crippen molar-refractivity contribution in [2.75, 3.05) is 19.6 Å². The largest absolute Gasteiger partial charge is 0.355 e. The third-order valence-electron chi connectivity index (χ3n) is 4.36. The quantitative estimate of drug-likeness (QED) is 0.895. The van der Waals surface area contributed by atoms with E-state index in [1.807, 2.05) is 0 Å². The predicted octanol–water partition coefficient (Wildman–Crippen LogP) is 2.22. The highest BCUT2D eigenvalue weighted by molar-refractivity contribution is 7.09. The number of hydrogen-bond acceptors (Lipinski definition) is 3. The van der Waals surface area contributed by atoms with E-state index in [4.69, 9.17) is 0 Å². The lowest BCUT2D eigenvalue weighted by Crippen LogP contribution is -2.34. The van der Waals surface area contributed by atoms with Crippen molar-refractivity contribution in [3.05, 3.63) is 22.4 Å². The molecule has 2 N–H and O–H groups in total. The van der Waals surface area contributed by atoms with Gasteiger partial charge in [-0.1, -0.05) is 6.07 Å². The SMILES string of the molecule is Cl.O=C(NCCc1cccs1)C1CC12CCNCC2. The van der Waals surface area contributed by atoms with E-state index in [1.54, 1.807) is 11.3 Å². The molecule has 0 radical (unpaired) electrons. The normalized spacial score (nSPS) is 23.7. The molecule has 0 aromatic carbocycles. The molecule has 1 aliphatic heterocycles. The Bertz CT molecular complexity index is 415. The van der Waals surface area contributed by atoms with Gasteiger partial charge in [0.05, 0.1) is 0 Å². The average molecular weight is 301 g/mol. The van der Waals surface area contributed by atoms with Crippen LogP contribution in [0.5, 0.6) is 0 Å². The molecule has 19 heavy (non-hydrogen) atoms. The van der Waals surface area contributed by atoms with Crippen LogP contribution in [0, 0.1) is 11.3 Å². The fourth-order valence-corrected chi connectivity index (χ4v) is 3.79. The Labute approximate surface area is 124 Å². The molecule has 0 bridgehead atoms. The highest BCUT2D eigenvalue weighted by Crippen LogP contribution is 2.58. The number of halogens is 1. The molecule has 5 heteroatoms. The van der Waals surface area contributed by atoms with Crippen molar-refractivity contribution in [1.29, 1.82) is 0 Å². The summed E-state index contributed by atoms with van der Waals surface area (Å²) in [6.45, 7) is 2.95. The summed E-state index contributed by atoms with van der Waals surface area (Å²) in [5, 5.41) is 8.56. The van der Waals surface area contributed by atoms with Crippen molar-refractivity contribution >= 4 is 29.7 Å². The summed E-state index contributed by atoms with van der Waals surface area (Å²) in [6, 6.07) is 4.19. The fourth-order valence-electron chi connectivity index (χ4n) is 3.08. The first-order valence-corrected chi connectivity index (χ1v) is 7.69. The Balaban J connectivity index is 0.00000133. The maximum absolute atomic E-state index is 12.1. The van der Waals surface area contributed by atoms with Crippen LogP contribution in [0.2, 0.25) is 0 Å². The van der Waals surface area contributed by atoms with Crippen LogP contribution in [0.25, 0.3) is 0 Å². The molecule has 3 nitrogen and oxygen atoms in total. The van der Waals surface area contributed by atoms with Crippen LogP contribution >= 0.6 is 23.7 Å². The molecule has 1 saturated carbocycles. The molecule has 1 amide bonds. The number of piperidine rings is 1. The molecule has 2 heterocycles. The second-order valence-electron chi connectivity index (χ2n) is 5.49. The third kappa shape index (κ3) is 3.30. The molecule has 1 unspecified atom stereocenters. The zero-order chi connectivity index (χ0) is 12.4. The molecule has 1 aromatic rings. The lowest BCUT2D eigenvalue weighted by molar-refractivity contribution is -0.123. The van der Waals surface area contributed by atoms with Gasteiger partial charge >= 0.3 is 0 Å². The van der Waals surface area contributed by atoms with Gasteiger partial charge in [-0.15, -0.1) is 23.7 Å². The molecule has 1 saturated heterocycles. The van der Waals surface area contributed by atoms with Gasteiger partial charge < -0.3 is 10.6 Å². The fraction of sp³-hybridized carbons (Fsp3) is 0.643. The molecule has 2 fully saturated rings. The van der Waals surface area contributed by atoms with Crippen LogP contribution in [0.4, 0.5) is 0 Å². The van der Waals surface area contributed by atoms with Crippen molar-refractivity contribution in [3.63, 3.8) is 0 Å². The van der Waals surface area contributed by atoms with Crippen LogP contribution in [0.3, 0.4) is 0 Å². The molecule has 106 valence electrons. The van der Waals surface area contributed by atoms with E-state index in [9.17, 15) is 4.79 Å². The first-order valence-electron chi connectivity index (χ1n) is 6.81. The van der Waals surface area contributed by atoms with E-state index < -0.39 is 0 Å². The number of hydrogen-bond donors (Lipinski definition) is 2. The number of carbonyl (C=O) groups excluding carboxylic acids is 1. The van der Waals surface area contributed by atoms with Gasteiger partial charge in [-0.05, 0) is 55.6 Å². The highest BCUT2D eigenvalue weighted by Gasteiger charge is 2.57. The zero-order valence-electron chi connectivity index (χ0n) is 11.0. The van der Waals surface area contributed by atoms with Gasteiger partial charge in [0, 0.05) is 17.3 Å². The van der Waals surface area contributed by atoms with Gasteiger partial charge in [-0.2, -0.15) is 0 Å². The van der Waals surface area contributed by atoms with Gasteiger partial charge in [-0.25, -0.2) is 0 Å². The second kappa shape index (κ2) is 6.25. The number of carbonyl (C=O) groups is 1. The molecule has 1 aromatic heterocycles. The molecule has 1 atom stereocenters. The molecular formula is C14H21ClN2OS. The van der Waals surface area contributed by atoms with Crippen LogP contribution in [0.15, 0.2) is 17.5 Å². The molecular weight excluding hydrogens is 280 g/mol. The standard InChI is InChI=1S/C14H20N2OS.ClH/c17-13(16-6-3-11-2-1-9-18-11)12-10-14(12)4-7-15-8-5-14;/h1-2,9,12,15H,3-8,10H2,(H,16,17);1H. The second-order valence-corrected chi connectivity index (χ2v) is 6.52. The summed E-state index contributed by atoms with van der Waals surface area (Å²) in [6.07, 6.45) is 4.43. The molecule has 1 aliphatic carbocycles. The predicted molar refractivity (Wildman–Crippen MR) is 80.9 cm³/mol. The van der Waals surface area contributed by atoms with Gasteiger partial charge in [0.25, 0.3) is 0 Å². The van der Waals surface area contributed by atoms with Gasteiger partial charge in [0.15, 0.2) is 0 Å². The maximum atomic E-state index is 12.1. The summed E-state index contributed by atoms with van der Waals surface area (Å²) in [5.41, 5.74) is 0.359. The smallest absolute Gasteiger partial charge is 0.223 e. The van der Waals surface area contributed by atoms with E-state index in [1.165, 1.54) is 17.7 Å².